The summed E-state index contributed by atoms with van der Waals surface area (Å²) in [6.45, 7) is 3.92. The van der Waals surface area contributed by atoms with Crippen molar-refractivity contribution >= 4 is 0 Å². The van der Waals surface area contributed by atoms with Crippen LogP contribution < -0.4 is 0 Å². The maximum Gasteiger partial charge on any atom is 0.119 e. The van der Waals surface area contributed by atoms with E-state index in [1.54, 1.807) is 6.07 Å². The van der Waals surface area contributed by atoms with E-state index in [0.717, 1.165) is 17.6 Å². The molecule has 1 N–H and O–H groups in total. The third-order valence-corrected chi connectivity index (χ3v) is 2.38. The molecule has 1 nitrogen and oxygen atoms in total. The molecule has 2 rings (SSSR count). The molecular formula is C13H12O. The fourth-order valence-electron chi connectivity index (χ4n) is 1.53. The van der Waals surface area contributed by atoms with E-state index in [2.05, 4.69) is 6.58 Å². The molecular weight excluding hydrogens is 172 g/mol. The van der Waals surface area contributed by atoms with Gasteiger partial charge in [-0.25, -0.2) is 0 Å². The normalized spacial score (nSPS) is 14.6. The molecule has 1 aromatic carbocycles. The lowest BCUT2D eigenvalue weighted by atomic mass is 10.0. The second-order valence-electron chi connectivity index (χ2n) is 3.38. The predicted octanol–water partition coefficient (Wildman–Crippen LogP) is 2.99. The first-order chi connectivity index (χ1) is 6.77. The summed E-state index contributed by atoms with van der Waals surface area (Å²) in [6.07, 6.45) is 6.75. The van der Waals surface area contributed by atoms with Crippen LogP contribution in [0, 0.1) is 0 Å². The number of phenols is 1. The maximum absolute atomic E-state index is 9.58. The van der Waals surface area contributed by atoms with Crippen LogP contribution in [0.15, 0.2) is 60.2 Å². The molecule has 0 aromatic heterocycles. The molecule has 14 heavy (non-hydrogen) atoms. The zero-order chi connectivity index (χ0) is 9.97. The number of allylic oxidation sites excluding steroid dienone is 5. The van der Waals surface area contributed by atoms with Crippen LogP contribution in [0.1, 0.15) is 5.56 Å². The molecule has 0 radical (unpaired) electrons. The molecule has 0 saturated heterocycles. The third kappa shape index (κ3) is 1.62. The summed E-state index contributed by atoms with van der Waals surface area (Å²) in [6, 6.07) is 7.40. The van der Waals surface area contributed by atoms with Crippen LogP contribution in [0.4, 0.5) is 0 Å². The summed E-state index contributed by atoms with van der Waals surface area (Å²) < 4.78 is 0. The summed E-state index contributed by atoms with van der Waals surface area (Å²) in [5.41, 5.74) is 3.16. The molecule has 1 aromatic rings. The van der Waals surface area contributed by atoms with Gasteiger partial charge in [0.2, 0.25) is 0 Å². The van der Waals surface area contributed by atoms with Crippen molar-refractivity contribution in [3.63, 3.8) is 0 Å². The van der Waals surface area contributed by atoms with Gasteiger partial charge in [0.25, 0.3) is 0 Å². The van der Waals surface area contributed by atoms with Crippen LogP contribution in [0.5, 0.6) is 5.75 Å². The van der Waals surface area contributed by atoms with Gasteiger partial charge in [-0.1, -0.05) is 43.0 Å². The first-order valence-corrected chi connectivity index (χ1v) is 4.61. The largest absolute Gasteiger partial charge is 0.508 e. The summed E-state index contributed by atoms with van der Waals surface area (Å²) in [7, 11) is 0. The maximum atomic E-state index is 9.58. The van der Waals surface area contributed by atoms with E-state index in [-0.39, 0.29) is 0 Å². The number of aromatic hydroxyl groups is 1. The smallest absolute Gasteiger partial charge is 0.119 e. The number of rotatable bonds is 2. The fourth-order valence-corrected chi connectivity index (χ4v) is 1.53. The molecule has 0 saturated carbocycles. The van der Waals surface area contributed by atoms with Crippen molar-refractivity contribution in [2.45, 2.75) is 6.42 Å². The van der Waals surface area contributed by atoms with Crippen LogP contribution >= 0.6 is 0 Å². The van der Waals surface area contributed by atoms with Gasteiger partial charge in [-0.15, -0.1) is 0 Å². The highest BCUT2D eigenvalue weighted by atomic mass is 16.3. The van der Waals surface area contributed by atoms with Crippen LogP contribution in [0.2, 0.25) is 0 Å². The monoisotopic (exact) mass is 184 g/mol. The highest BCUT2D eigenvalue weighted by Gasteiger charge is 2.07. The Morgan fingerprint density at radius 2 is 2.00 bits per heavy atom. The van der Waals surface area contributed by atoms with Crippen molar-refractivity contribution in [2.24, 2.45) is 0 Å². The lowest BCUT2D eigenvalue weighted by Crippen LogP contribution is -1.90. The van der Waals surface area contributed by atoms with E-state index in [4.69, 9.17) is 0 Å². The number of para-hydroxylation sites is 1. The number of phenolic OH excluding ortho intramolecular Hbond substituents is 1. The Kier molecular flexibility index (Phi) is 2.23. The molecule has 0 fully saturated rings. The van der Waals surface area contributed by atoms with E-state index < -0.39 is 0 Å². The van der Waals surface area contributed by atoms with Crippen LogP contribution in [-0.2, 0) is 6.42 Å². The standard InChI is InChI=1S/C13H12O/c1-10-5-4-7-11(10)9-12-6-2-3-8-13(12)14/h2-8,14H,1,9H2. The van der Waals surface area contributed by atoms with E-state index in [9.17, 15) is 5.11 Å². The Labute approximate surface area is 83.7 Å². The summed E-state index contributed by atoms with van der Waals surface area (Å²) >= 11 is 0. The Morgan fingerprint density at radius 3 is 2.64 bits per heavy atom. The van der Waals surface area contributed by atoms with Crippen molar-refractivity contribution in [1.29, 1.82) is 0 Å². The van der Waals surface area contributed by atoms with Crippen molar-refractivity contribution in [3.8, 4) is 5.75 Å². The van der Waals surface area contributed by atoms with Gasteiger partial charge >= 0.3 is 0 Å². The highest BCUT2D eigenvalue weighted by molar-refractivity contribution is 5.50. The van der Waals surface area contributed by atoms with Crippen LogP contribution in [-0.4, -0.2) is 5.11 Å². The first kappa shape index (κ1) is 8.82. The molecule has 0 heterocycles. The minimum absolute atomic E-state index is 0.355. The zero-order valence-electron chi connectivity index (χ0n) is 7.90. The molecule has 1 aliphatic carbocycles. The molecule has 0 aliphatic heterocycles. The van der Waals surface area contributed by atoms with Crippen molar-refractivity contribution in [1.82, 2.24) is 0 Å². The summed E-state index contributed by atoms with van der Waals surface area (Å²) in [5, 5.41) is 9.58. The molecule has 0 bridgehead atoms. The van der Waals surface area contributed by atoms with Crippen molar-refractivity contribution in [2.75, 3.05) is 0 Å². The van der Waals surface area contributed by atoms with Gasteiger partial charge in [-0.2, -0.15) is 0 Å². The minimum Gasteiger partial charge on any atom is -0.508 e. The van der Waals surface area contributed by atoms with Gasteiger partial charge < -0.3 is 5.11 Å². The predicted molar refractivity (Wildman–Crippen MR) is 58.2 cm³/mol. The Bertz CT molecular complexity index is 425. The average molecular weight is 184 g/mol. The van der Waals surface area contributed by atoms with Gasteiger partial charge in [-0.05, 0) is 22.8 Å². The third-order valence-electron chi connectivity index (χ3n) is 2.38. The van der Waals surface area contributed by atoms with Crippen LogP contribution in [0.3, 0.4) is 0 Å². The van der Waals surface area contributed by atoms with Gasteiger partial charge in [0.1, 0.15) is 5.75 Å². The van der Waals surface area contributed by atoms with Gasteiger partial charge in [0, 0.05) is 6.42 Å². The van der Waals surface area contributed by atoms with Crippen molar-refractivity contribution in [3.05, 3.63) is 65.8 Å². The fraction of sp³-hybridized carbons (Fsp3) is 0.0769. The molecule has 70 valence electrons. The van der Waals surface area contributed by atoms with E-state index in [0.29, 0.717) is 5.75 Å². The van der Waals surface area contributed by atoms with Crippen LogP contribution in [0.25, 0.3) is 0 Å². The van der Waals surface area contributed by atoms with E-state index >= 15 is 0 Å². The van der Waals surface area contributed by atoms with Gasteiger partial charge in [0.15, 0.2) is 0 Å². The molecule has 1 aliphatic rings. The SMILES string of the molecule is C=C1C=CC=C1Cc1ccccc1O. The minimum atomic E-state index is 0.355. The highest BCUT2D eigenvalue weighted by Crippen LogP contribution is 2.25. The van der Waals surface area contributed by atoms with E-state index in [1.165, 1.54) is 5.57 Å². The first-order valence-electron chi connectivity index (χ1n) is 4.61. The molecule has 0 unspecified atom stereocenters. The number of benzene rings is 1. The lowest BCUT2D eigenvalue weighted by Gasteiger charge is -2.05. The number of hydrogen-bond donors (Lipinski definition) is 1. The topological polar surface area (TPSA) is 20.2 Å². The van der Waals surface area contributed by atoms with Gasteiger partial charge in [0.05, 0.1) is 0 Å². The lowest BCUT2D eigenvalue weighted by molar-refractivity contribution is 0.469. The average Bonchev–Trinajstić information content (AvgIpc) is 2.56. The van der Waals surface area contributed by atoms with Gasteiger partial charge in [-0.3, -0.25) is 0 Å². The quantitative estimate of drug-likeness (QED) is 0.749. The molecule has 0 atom stereocenters. The molecule has 0 spiro atoms. The Balaban J connectivity index is 2.20. The molecule has 1 heteroatoms. The second-order valence-corrected chi connectivity index (χ2v) is 3.38. The Hall–Kier alpha value is -1.76. The zero-order valence-corrected chi connectivity index (χ0v) is 7.90. The summed E-state index contributed by atoms with van der Waals surface area (Å²) in [4.78, 5) is 0. The summed E-state index contributed by atoms with van der Waals surface area (Å²) in [5.74, 6) is 0.355. The second kappa shape index (κ2) is 3.54. The molecule has 0 amide bonds. The number of hydrogen-bond acceptors (Lipinski definition) is 1. The van der Waals surface area contributed by atoms with Crippen molar-refractivity contribution < 1.29 is 5.11 Å². The Morgan fingerprint density at radius 1 is 1.21 bits per heavy atom. The van der Waals surface area contributed by atoms with E-state index in [1.807, 2.05) is 36.4 Å².